The van der Waals surface area contributed by atoms with E-state index >= 15 is 0 Å². The second-order valence-corrected chi connectivity index (χ2v) is 18.5. The number of rotatable bonds is 8. The second-order valence-electron chi connectivity index (χ2n) is 16.3. The predicted molar refractivity (Wildman–Crippen MR) is 278 cm³/mol. The summed E-state index contributed by atoms with van der Waals surface area (Å²) >= 11 is 3.71. The highest BCUT2D eigenvalue weighted by Gasteiger charge is 2.24. The monoisotopic (exact) mass is 867 g/mol. The quantitative estimate of drug-likeness (QED) is 0.152. The molecular formula is C59H37N3OS2. The van der Waals surface area contributed by atoms with Gasteiger partial charge in [-0.3, -0.25) is 4.98 Å². The van der Waals surface area contributed by atoms with Crippen LogP contribution in [0.3, 0.4) is 0 Å². The number of furan rings is 1. The molecule has 0 saturated heterocycles. The first-order valence-electron chi connectivity index (χ1n) is 21.7. The van der Waals surface area contributed by atoms with Crippen molar-refractivity contribution in [3.05, 3.63) is 225 Å². The van der Waals surface area contributed by atoms with Crippen molar-refractivity contribution in [1.82, 2.24) is 4.98 Å². The van der Waals surface area contributed by atoms with Gasteiger partial charge in [-0.05, 0) is 113 Å². The molecule has 6 heteroatoms. The van der Waals surface area contributed by atoms with Crippen molar-refractivity contribution in [1.29, 1.82) is 0 Å². The number of benzene rings is 9. The highest BCUT2D eigenvalue weighted by atomic mass is 32.1. The molecule has 0 radical (unpaired) electrons. The molecule has 4 heterocycles. The molecule has 0 aliphatic heterocycles. The largest absolute Gasteiger partial charge is 0.456 e. The Hall–Kier alpha value is -8.03. The number of hydrogen-bond acceptors (Lipinski definition) is 6. The Morgan fingerprint density at radius 2 is 0.938 bits per heavy atom. The van der Waals surface area contributed by atoms with E-state index in [-0.39, 0.29) is 0 Å². The van der Waals surface area contributed by atoms with Crippen LogP contribution in [0.25, 0.3) is 84.5 Å². The van der Waals surface area contributed by atoms with E-state index in [9.17, 15) is 0 Å². The summed E-state index contributed by atoms with van der Waals surface area (Å²) in [6.07, 6.45) is 3.74. The Labute approximate surface area is 383 Å². The highest BCUT2D eigenvalue weighted by molar-refractivity contribution is 7.26. The lowest BCUT2D eigenvalue weighted by Crippen LogP contribution is -2.10. The van der Waals surface area contributed by atoms with Crippen molar-refractivity contribution in [2.75, 3.05) is 9.80 Å². The van der Waals surface area contributed by atoms with E-state index in [4.69, 9.17) is 4.42 Å². The van der Waals surface area contributed by atoms with Crippen LogP contribution in [0.1, 0.15) is 0 Å². The lowest BCUT2D eigenvalue weighted by molar-refractivity contribution is 0.669. The van der Waals surface area contributed by atoms with Crippen LogP contribution in [0.2, 0.25) is 0 Å². The standard InChI is InChI=1S/C59H37N3OS2/c1-2-11-38(12-3-1)39-22-26-43(27-23-39)62(45-30-32-48-47-15-5-7-20-55(47)64-57(48)36-45)52-18-8-16-49-58-51(17-9-21-56(58)65-59(49)52)61(42-28-24-40(25-29-42)41-13-10-34-60-37-41)44-31-33-54-50(35-44)46-14-4-6-19-53(46)63-54/h1-37H. The molecule has 0 amide bonds. The molecule has 0 fully saturated rings. The molecule has 0 aliphatic rings. The maximum absolute atomic E-state index is 6.33. The van der Waals surface area contributed by atoms with Crippen LogP contribution in [0.15, 0.2) is 229 Å². The summed E-state index contributed by atoms with van der Waals surface area (Å²) in [4.78, 5) is 9.25. The molecule has 0 unspecified atom stereocenters. The van der Waals surface area contributed by atoms with Gasteiger partial charge in [0.25, 0.3) is 0 Å². The number of hydrogen-bond donors (Lipinski definition) is 0. The first-order chi connectivity index (χ1) is 32.2. The molecule has 9 aromatic carbocycles. The van der Waals surface area contributed by atoms with E-state index < -0.39 is 0 Å². The maximum atomic E-state index is 6.33. The minimum atomic E-state index is 0.872. The fourth-order valence-electron chi connectivity index (χ4n) is 9.51. The molecule has 4 aromatic heterocycles. The van der Waals surface area contributed by atoms with Crippen LogP contribution in [0.4, 0.5) is 34.1 Å². The summed E-state index contributed by atoms with van der Waals surface area (Å²) in [6, 6.07) is 76.7. The SMILES string of the molecule is c1ccc(-c2ccc(N(c3ccc4c(c3)sc3ccccc34)c3cccc4c3sc3cccc(N(c5ccc(-c6cccnc6)cc5)c5ccc6oc7ccccc7c6c5)c34)cc2)cc1. The molecule has 4 nitrogen and oxygen atoms in total. The third-order valence-electron chi connectivity index (χ3n) is 12.6. The second kappa shape index (κ2) is 15.3. The minimum absolute atomic E-state index is 0.872. The Morgan fingerprint density at radius 1 is 0.354 bits per heavy atom. The van der Waals surface area contributed by atoms with Crippen LogP contribution in [0, 0.1) is 0 Å². The molecule has 0 saturated carbocycles. The van der Waals surface area contributed by atoms with Crippen LogP contribution >= 0.6 is 22.7 Å². The van der Waals surface area contributed by atoms with Crippen molar-refractivity contribution < 1.29 is 4.42 Å². The van der Waals surface area contributed by atoms with E-state index in [0.717, 1.165) is 67.2 Å². The summed E-state index contributed by atoms with van der Waals surface area (Å²) in [5.74, 6) is 0. The molecule has 0 atom stereocenters. The number of pyridine rings is 1. The Kier molecular flexibility index (Phi) is 8.86. The zero-order chi connectivity index (χ0) is 42.8. The molecule has 0 spiro atoms. The van der Waals surface area contributed by atoms with Gasteiger partial charge in [-0.25, -0.2) is 0 Å². The van der Waals surface area contributed by atoms with Crippen LogP contribution < -0.4 is 9.80 Å². The lowest BCUT2D eigenvalue weighted by Gasteiger charge is -2.27. The van der Waals surface area contributed by atoms with E-state index in [1.165, 1.54) is 51.5 Å². The number of anilines is 6. The van der Waals surface area contributed by atoms with Gasteiger partial charge in [-0.2, -0.15) is 0 Å². The topological polar surface area (TPSA) is 32.5 Å². The van der Waals surface area contributed by atoms with E-state index in [1.54, 1.807) is 0 Å². The Morgan fingerprint density at radius 3 is 1.75 bits per heavy atom. The molecule has 0 bridgehead atoms. The average Bonchev–Trinajstić information content (AvgIpc) is 4.07. The van der Waals surface area contributed by atoms with Gasteiger partial charge in [-0.1, -0.05) is 121 Å². The van der Waals surface area contributed by atoms with Crippen molar-refractivity contribution in [2.24, 2.45) is 0 Å². The number of para-hydroxylation sites is 1. The van der Waals surface area contributed by atoms with Crippen molar-refractivity contribution in [2.45, 2.75) is 0 Å². The third-order valence-corrected chi connectivity index (χ3v) is 14.9. The average molecular weight is 868 g/mol. The first kappa shape index (κ1) is 37.5. The lowest BCUT2D eigenvalue weighted by atomic mass is 10.0. The highest BCUT2D eigenvalue weighted by Crippen LogP contribution is 2.50. The Bertz CT molecular complexity index is 3890. The normalized spacial score (nSPS) is 11.7. The predicted octanol–water partition coefficient (Wildman–Crippen LogP) is 18.0. The van der Waals surface area contributed by atoms with Gasteiger partial charge in [0.15, 0.2) is 0 Å². The van der Waals surface area contributed by atoms with Crippen LogP contribution in [-0.4, -0.2) is 4.98 Å². The van der Waals surface area contributed by atoms with Gasteiger partial charge >= 0.3 is 0 Å². The van der Waals surface area contributed by atoms with Crippen LogP contribution in [-0.2, 0) is 0 Å². The first-order valence-corrected chi connectivity index (χ1v) is 23.4. The number of aromatic nitrogens is 1. The van der Waals surface area contributed by atoms with Gasteiger partial charge < -0.3 is 14.2 Å². The molecule has 306 valence electrons. The molecule has 0 aliphatic carbocycles. The van der Waals surface area contributed by atoms with Gasteiger partial charge in [0.05, 0.1) is 16.1 Å². The van der Waals surface area contributed by atoms with E-state index in [0.29, 0.717) is 0 Å². The smallest absolute Gasteiger partial charge is 0.135 e. The molecule has 13 rings (SSSR count). The fraction of sp³-hybridized carbons (Fsp3) is 0. The zero-order valence-corrected chi connectivity index (χ0v) is 36.6. The third kappa shape index (κ3) is 6.37. The van der Waals surface area contributed by atoms with Crippen LogP contribution in [0.5, 0.6) is 0 Å². The van der Waals surface area contributed by atoms with E-state index in [2.05, 4.69) is 209 Å². The van der Waals surface area contributed by atoms with Crippen molar-refractivity contribution >= 4 is 119 Å². The minimum Gasteiger partial charge on any atom is -0.456 e. The summed E-state index contributed by atoms with van der Waals surface area (Å²) in [6.45, 7) is 0. The summed E-state index contributed by atoms with van der Waals surface area (Å²) in [5, 5.41) is 7.19. The fourth-order valence-corrected chi connectivity index (χ4v) is 11.9. The number of thiophene rings is 2. The summed E-state index contributed by atoms with van der Waals surface area (Å²) in [5.41, 5.74) is 12.9. The number of nitrogens with zero attached hydrogens (tertiary/aromatic N) is 3. The maximum Gasteiger partial charge on any atom is 0.135 e. The van der Waals surface area contributed by atoms with E-state index in [1.807, 2.05) is 53.3 Å². The molecular weight excluding hydrogens is 831 g/mol. The Balaban J connectivity index is 1.01. The summed E-state index contributed by atoms with van der Waals surface area (Å²) < 4.78 is 11.3. The summed E-state index contributed by atoms with van der Waals surface area (Å²) in [7, 11) is 0. The molecule has 65 heavy (non-hydrogen) atoms. The zero-order valence-electron chi connectivity index (χ0n) is 34.9. The van der Waals surface area contributed by atoms with Crippen molar-refractivity contribution in [3.8, 4) is 22.3 Å². The van der Waals surface area contributed by atoms with Gasteiger partial charge in [0, 0.05) is 81.6 Å². The van der Waals surface area contributed by atoms with Gasteiger partial charge in [0.2, 0.25) is 0 Å². The molecule has 0 N–H and O–H groups in total. The van der Waals surface area contributed by atoms with Gasteiger partial charge in [-0.15, -0.1) is 22.7 Å². The number of fused-ring (bicyclic) bond motifs is 9. The molecule has 13 aromatic rings. The van der Waals surface area contributed by atoms with Crippen molar-refractivity contribution in [3.63, 3.8) is 0 Å². The van der Waals surface area contributed by atoms with Gasteiger partial charge in [0.1, 0.15) is 11.2 Å².